The summed E-state index contributed by atoms with van der Waals surface area (Å²) in [6.07, 6.45) is 12.2. The lowest BCUT2D eigenvalue weighted by molar-refractivity contribution is 0.266. The van der Waals surface area contributed by atoms with Crippen LogP contribution in [0.15, 0.2) is 59.8 Å². The van der Waals surface area contributed by atoms with Crippen molar-refractivity contribution in [1.82, 2.24) is 10.3 Å². The number of halogens is 1. The second kappa shape index (κ2) is 9.46. The van der Waals surface area contributed by atoms with Gasteiger partial charge in [0.25, 0.3) is 0 Å². The maximum atomic E-state index is 14.4. The summed E-state index contributed by atoms with van der Waals surface area (Å²) >= 11 is 0. The van der Waals surface area contributed by atoms with E-state index in [1.165, 1.54) is 19.4 Å². The van der Waals surface area contributed by atoms with Gasteiger partial charge in [-0.25, -0.2) is 4.39 Å². The van der Waals surface area contributed by atoms with Crippen molar-refractivity contribution in [3.05, 3.63) is 70.4 Å². The summed E-state index contributed by atoms with van der Waals surface area (Å²) in [6.45, 7) is 1.86. The Morgan fingerprint density at radius 1 is 1.31 bits per heavy atom. The lowest BCUT2D eigenvalue weighted by atomic mass is 10.2. The third-order valence-corrected chi connectivity index (χ3v) is 3.69. The zero-order chi connectivity index (χ0) is 18.9. The van der Waals surface area contributed by atoms with Crippen molar-refractivity contribution >= 4 is 12.2 Å². The van der Waals surface area contributed by atoms with E-state index in [1.807, 2.05) is 19.1 Å². The average molecular weight is 358 g/mol. The Morgan fingerprint density at radius 3 is 2.77 bits per heavy atom. The maximum Gasteiger partial charge on any atom is 0.167 e. The first-order valence-corrected chi connectivity index (χ1v) is 8.16. The smallest absolute Gasteiger partial charge is 0.167 e. The summed E-state index contributed by atoms with van der Waals surface area (Å²) in [6, 6.07) is 1.70. The Labute approximate surface area is 152 Å². The molecule has 26 heavy (non-hydrogen) atoms. The first kappa shape index (κ1) is 19.3. The molecular formula is C20H23FN2O3. The lowest BCUT2D eigenvalue weighted by Gasteiger charge is -2.09. The van der Waals surface area contributed by atoms with Crippen LogP contribution in [0.2, 0.25) is 0 Å². The number of likely N-dealkylation sites (N-methyl/N-ethyl adjacent to an activating group) is 1. The molecule has 1 heterocycles. The third kappa shape index (κ3) is 4.75. The predicted octanol–water partition coefficient (Wildman–Crippen LogP) is 2.42. The van der Waals surface area contributed by atoms with Crippen LogP contribution in [-0.2, 0) is 9.47 Å². The molecule has 1 aliphatic carbocycles. The Morgan fingerprint density at radius 2 is 2.12 bits per heavy atom. The summed E-state index contributed by atoms with van der Waals surface area (Å²) in [4.78, 5) is 4.34. The van der Waals surface area contributed by atoms with Gasteiger partial charge in [0.2, 0.25) is 0 Å². The van der Waals surface area contributed by atoms with Gasteiger partial charge >= 0.3 is 0 Å². The molecule has 0 amide bonds. The molecule has 1 aromatic heterocycles. The van der Waals surface area contributed by atoms with Crippen molar-refractivity contribution in [2.24, 2.45) is 0 Å². The molecule has 2 rings (SSSR count). The Kier molecular flexibility index (Phi) is 7.02. The molecule has 1 aliphatic rings. The molecule has 1 aromatic rings. The van der Waals surface area contributed by atoms with Gasteiger partial charge in [0.15, 0.2) is 17.3 Å². The number of allylic oxidation sites excluding steroid dienone is 5. The van der Waals surface area contributed by atoms with E-state index in [2.05, 4.69) is 10.3 Å². The first-order valence-electron chi connectivity index (χ1n) is 8.16. The van der Waals surface area contributed by atoms with Gasteiger partial charge in [-0.05, 0) is 25.5 Å². The largest absolute Gasteiger partial charge is 0.501 e. The second-order valence-electron chi connectivity index (χ2n) is 5.31. The van der Waals surface area contributed by atoms with Gasteiger partial charge in [0.05, 0.1) is 19.6 Å². The normalized spacial score (nSPS) is 16.3. The van der Waals surface area contributed by atoms with E-state index in [0.717, 1.165) is 5.22 Å². The van der Waals surface area contributed by atoms with Crippen molar-refractivity contribution in [2.45, 2.75) is 13.3 Å². The van der Waals surface area contributed by atoms with Crippen LogP contribution < -0.4 is 20.6 Å². The van der Waals surface area contributed by atoms with E-state index in [-0.39, 0.29) is 5.76 Å². The maximum absolute atomic E-state index is 14.4. The molecule has 138 valence electrons. The third-order valence-electron chi connectivity index (χ3n) is 3.69. The molecular weight excluding hydrogens is 335 g/mol. The van der Waals surface area contributed by atoms with E-state index in [9.17, 15) is 4.39 Å². The molecule has 5 nitrogen and oxygen atoms in total. The van der Waals surface area contributed by atoms with E-state index in [1.54, 1.807) is 38.6 Å². The standard InChI is InChI=1S/C20H23FN2O3/c1-5-16-18(12-15(25-4)13-24-3)23-10-9-19(16)26-20-8-6-7-14(22-2)11-17(20)21/h5,7-13,22H,6H2,1-4H3/b15-13-,16-5+,18-12+. The molecule has 0 fully saturated rings. The number of nitrogens with zero attached hydrogens (tertiary/aromatic N) is 1. The van der Waals surface area contributed by atoms with Crippen molar-refractivity contribution < 1.29 is 18.6 Å². The molecule has 0 spiro atoms. The van der Waals surface area contributed by atoms with Gasteiger partial charge in [-0.2, -0.15) is 0 Å². The van der Waals surface area contributed by atoms with Gasteiger partial charge < -0.3 is 19.5 Å². The molecule has 0 atom stereocenters. The summed E-state index contributed by atoms with van der Waals surface area (Å²) in [7, 11) is 4.82. The molecule has 0 saturated carbocycles. The van der Waals surface area contributed by atoms with Crippen LogP contribution in [-0.4, -0.2) is 26.3 Å². The van der Waals surface area contributed by atoms with Gasteiger partial charge in [0, 0.05) is 36.3 Å². The van der Waals surface area contributed by atoms with Gasteiger partial charge in [0.1, 0.15) is 12.0 Å². The minimum Gasteiger partial charge on any atom is -0.501 e. The number of pyridine rings is 1. The number of methoxy groups -OCH3 is 2. The molecule has 0 saturated heterocycles. The lowest BCUT2D eigenvalue weighted by Crippen LogP contribution is -2.29. The second-order valence-corrected chi connectivity index (χ2v) is 5.31. The number of hydrogen-bond acceptors (Lipinski definition) is 5. The number of rotatable bonds is 6. The molecule has 0 radical (unpaired) electrons. The minimum absolute atomic E-state index is 0.172. The van der Waals surface area contributed by atoms with Gasteiger partial charge in [-0.3, -0.25) is 4.98 Å². The zero-order valence-electron chi connectivity index (χ0n) is 15.4. The highest BCUT2D eigenvalue weighted by Gasteiger charge is 2.12. The van der Waals surface area contributed by atoms with Crippen molar-refractivity contribution in [1.29, 1.82) is 0 Å². The first-order chi connectivity index (χ1) is 12.6. The number of nitrogens with one attached hydrogen (secondary N) is 1. The van der Waals surface area contributed by atoms with Crippen molar-refractivity contribution in [2.75, 3.05) is 21.3 Å². The van der Waals surface area contributed by atoms with E-state index >= 15 is 0 Å². The highest BCUT2D eigenvalue weighted by molar-refractivity contribution is 5.45. The van der Waals surface area contributed by atoms with Crippen LogP contribution >= 0.6 is 0 Å². The highest BCUT2D eigenvalue weighted by Crippen LogP contribution is 2.20. The molecule has 0 bridgehead atoms. The van der Waals surface area contributed by atoms with E-state index in [4.69, 9.17) is 14.2 Å². The monoisotopic (exact) mass is 358 g/mol. The zero-order valence-corrected chi connectivity index (χ0v) is 15.4. The summed E-state index contributed by atoms with van der Waals surface area (Å²) in [5.74, 6) is 0.739. The average Bonchev–Trinajstić information content (AvgIpc) is 2.83. The SMILES string of the molecule is C/C=c1/c(OC2=CCC=C(NC)C=C2F)ccn/c1=C/C(=C/OC)OC. The van der Waals surface area contributed by atoms with Crippen LogP contribution in [0.4, 0.5) is 4.39 Å². The fourth-order valence-corrected chi connectivity index (χ4v) is 2.40. The number of hydrogen-bond donors (Lipinski definition) is 1. The van der Waals surface area contributed by atoms with Crippen molar-refractivity contribution in [3.63, 3.8) is 0 Å². The van der Waals surface area contributed by atoms with Crippen LogP contribution in [0.1, 0.15) is 13.3 Å². The molecule has 6 heteroatoms. The number of aromatic nitrogens is 1. The predicted molar refractivity (Wildman–Crippen MR) is 99.9 cm³/mol. The quantitative estimate of drug-likeness (QED) is 0.792. The Hall–Kier alpha value is -3.02. The van der Waals surface area contributed by atoms with Crippen LogP contribution in [0.5, 0.6) is 5.75 Å². The molecule has 0 aromatic carbocycles. The Bertz CT molecular complexity index is 883. The summed E-state index contributed by atoms with van der Waals surface area (Å²) in [5.41, 5.74) is 0.706. The molecule has 0 aliphatic heterocycles. The fraction of sp³-hybridized carbons (Fsp3) is 0.250. The van der Waals surface area contributed by atoms with Crippen LogP contribution in [0, 0.1) is 0 Å². The van der Waals surface area contributed by atoms with Gasteiger partial charge in [-0.1, -0.05) is 12.2 Å². The van der Waals surface area contributed by atoms with Gasteiger partial charge in [-0.15, -0.1) is 0 Å². The van der Waals surface area contributed by atoms with E-state index < -0.39 is 5.83 Å². The topological polar surface area (TPSA) is 52.6 Å². The fourth-order valence-electron chi connectivity index (χ4n) is 2.40. The molecule has 0 unspecified atom stereocenters. The highest BCUT2D eigenvalue weighted by atomic mass is 19.1. The van der Waals surface area contributed by atoms with Crippen LogP contribution in [0.3, 0.4) is 0 Å². The van der Waals surface area contributed by atoms with Crippen LogP contribution in [0.25, 0.3) is 12.2 Å². The minimum atomic E-state index is -0.440. The van der Waals surface area contributed by atoms with Crippen molar-refractivity contribution in [3.8, 4) is 5.75 Å². The summed E-state index contributed by atoms with van der Waals surface area (Å²) < 4.78 is 30.5. The van der Waals surface area contributed by atoms with E-state index in [0.29, 0.717) is 29.0 Å². The molecule has 1 N–H and O–H groups in total. The number of ether oxygens (including phenoxy) is 3. The Balaban J connectivity index is 2.44. The summed E-state index contributed by atoms with van der Waals surface area (Å²) in [5, 5.41) is 4.29.